The zero-order valence-electron chi connectivity index (χ0n) is 13.2. The van der Waals surface area contributed by atoms with Gasteiger partial charge in [-0.2, -0.15) is 0 Å². The topological polar surface area (TPSA) is 78.4 Å². The van der Waals surface area contributed by atoms with Gasteiger partial charge < -0.3 is 15.7 Å². The van der Waals surface area contributed by atoms with E-state index in [4.69, 9.17) is 0 Å². The summed E-state index contributed by atoms with van der Waals surface area (Å²) in [5.41, 5.74) is -0.632. The Morgan fingerprint density at radius 1 is 1.10 bits per heavy atom. The van der Waals surface area contributed by atoms with Gasteiger partial charge in [0.15, 0.2) is 0 Å². The van der Waals surface area contributed by atoms with Crippen molar-refractivity contribution in [2.75, 3.05) is 6.54 Å². The van der Waals surface area contributed by atoms with Crippen LogP contribution in [0.1, 0.15) is 65.2 Å². The van der Waals surface area contributed by atoms with Crippen molar-refractivity contribution in [3.8, 4) is 0 Å². The highest BCUT2D eigenvalue weighted by atomic mass is 16.4. The normalized spacial score (nSPS) is 27.0. The second-order valence-corrected chi connectivity index (χ2v) is 7.41. The van der Waals surface area contributed by atoms with Gasteiger partial charge >= 0.3 is 12.0 Å². The summed E-state index contributed by atoms with van der Waals surface area (Å²) < 4.78 is 0. The van der Waals surface area contributed by atoms with Crippen LogP contribution in [0.2, 0.25) is 0 Å². The highest BCUT2D eigenvalue weighted by Gasteiger charge is 2.41. The van der Waals surface area contributed by atoms with Crippen LogP contribution in [0.3, 0.4) is 0 Å². The smallest absolute Gasteiger partial charge is 0.315 e. The number of nitrogens with one attached hydrogen (secondary N) is 2. The van der Waals surface area contributed by atoms with Crippen LogP contribution in [-0.4, -0.2) is 29.7 Å². The van der Waals surface area contributed by atoms with Crippen LogP contribution in [0.5, 0.6) is 0 Å². The molecule has 2 fully saturated rings. The SMILES string of the molecule is CC1(C)CCCCC1NC(=O)NCC1(C(=O)O)CCCC1. The minimum absolute atomic E-state index is 0.118. The largest absolute Gasteiger partial charge is 0.481 e. The van der Waals surface area contributed by atoms with Crippen molar-refractivity contribution in [2.24, 2.45) is 10.8 Å². The molecule has 0 heterocycles. The molecule has 0 aromatic rings. The summed E-state index contributed by atoms with van der Waals surface area (Å²) in [5, 5.41) is 15.3. The predicted molar refractivity (Wildman–Crippen MR) is 81.1 cm³/mol. The number of urea groups is 1. The van der Waals surface area contributed by atoms with E-state index in [-0.39, 0.29) is 24.0 Å². The summed E-state index contributed by atoms with van der Waals surface area (Å²) in [7, 11) is 0. The first kappa shape index (κ1) is 16.1. The Balaban J connectivity index is 1.85. The van der Waals surface area contributed by atoms with Crippen LogP contribution in [0.25, 0.3) is 0 Å². The molecule has 0 radical (unpaired) electrons. The second-order valence-electron chi connectivity index (χ2n) is 7.41. The monoisotopic (exact) mass is 296 g/mol. The van der Waals surface area contributed by atoms with Crippen LogP contribution in [0, 0.1) is 10.8 Å². The van der Waals surface area contributed by atoms with Gasteiger partial charge in [0.2, 0.25) is 0 Å². The maximum atomic E-state index is 12.1. The van der Waals surface area contributed by atoms with Gasteiger partial charge in [0.25, 0.3) is 0 Å². The first-order valence-corrected chi connectivity index (χ1v) is 8.14. The summed E-state index contributed by atoms with van der Waals surface area (Å²) in [6, 6.07) is -0.0434. The maximum absolute atomic E-state index is 12.1. The lowest BCUT2D eigenvalue weighted by Crippen LogP contribution is -2.52. The minimum atomic E-state index is -0.779. The number of carboxylic acids is 1. The van der Waals surface area contributed by atoms with Crippen molar-refractivity contribution in [3.63, 3.8) is 0 Å². The molecule has 0 bridgehead atoms. The molecular weight excluding hydrogens is 268 g/mol. The molecule has 120 valence electrons. The van der Waals surface area contributed by atoms with Crippen LogP contribution < -0.4 is 10.6 Å². The van der Waals surface area contributed by atoms with E-state index in [9.17, 15) is 14.7 Å². The highest BCUT2D eigenvalue weighted by molar-refractivity contribution is 5.78. The Morgan fingerprint density at radius 3 is 2.29 bits per heavy atom. The van der Waals surface area contributed by atoms with E-state index in [1.807, 2.05) is 0 Å². The van der Waals surface area contributed by atoms with Crippen molar-refractivity contribution in [3.05, 3.63) is 0 Å². The van der Waals surface area contributed by atoms with Gasteiger partial charge in [-0.1, -0.05) is 39.5 Å². The van der Waals surface area contributed by atoms with Crippen LogP contribution in [-0.2, 0) is 4.79 Å². The minimum Gasteiger partial charge on any atom is -0.481 e. The van der Waals surface area contributed by atoms with Crippen LogP contribution in [0.4, 0.5) is 4.79 Å². The maximum Gasteiger partial charge on any atom is 0.315 e. The van der Waals surface area contributed by atoms with Crippen LogP contribution >= 0.6 is 0 Å². The summed E-state index contributed by atoms with van der Waals surface area (Å²) in [6.45, 7) is 4.61. The molecule has 0 saturated heterocycles. The molecule has 5 nitrogen and oxygen atoms in total. The highest BCUT2D eigenvalue weighted by Crippen LogP contribution is 2.38. The molecule has 0 spiro atoms. The number of carboxylic acid groups (broad SMARTS) is 1. The lowest BCUT2D eigenvalue weighted by Gasteiger charge is -2.39. The summed E-state index contributed by atoms with van der Waals surface area (Å²) in [4.78, 5) is 23.6. The molecule has 2 saturated carbocycles. The second kappa shape index (κ2) is 6.24. The van der Waals surface area contributed by atoms with Gasteiger partial charge in [0, 0.05) is 12.6 Å². The molecule has 2 aliphatic rings. The Bertz CT molecular complexity index is 400. The molecule has 0 aromatic carbocycles. The van der Waals surface area contributed by atoms with Crippen molar-refractivity contribution >= 4 is 12.0 Å². The van der Waals surface area contributed by atoms with E-state index >= 15 is 0 Å². The number of hydrogen-bond donors (Lipinski definition) is 3. The molecule has 1 unspecified atom stereocenters. The van der Waals surface area contributed by atoms with Gasteiger partial charge in [-0.05, 0) is 31.1 Å². The molecule has 21 heavy (non-hydrogen) atoms. The van der Waals surface area contributed by atoms with E-state index in [2.05, 4.69) is 24.5 Å². The van der Waals surface area contributed by atoms with E-state index in [0.29, 0.717) is 12.8 Å². The van der Waals surface area contributed by atoms with E-state index < -0.39 is 11.4 Å². The molecule has 2 rings (SSSR count). The van der Waals surface area contributed by atoms with E-state index in [1.54, 1.807) is 0 Å². The number of aliphatic carboxylic acids is 1. The lowest BCUT2D eigenvalue weighted by molar-refractivity contribution is -0.148. The fourth-order valence-corrected chi connectivity index (χ4v) is 3.74. The Kier molecular flexibility index (Phi) is 4.79. The first-order chi connectivity index (χ1) is 9.86. The van der Waals surface area contributed by atoms with Gasteiger partial charge in [-0.25, -0.2) is 4.79 Å². The molecule has 2 aliphatic carbocycles. The Morgan fingerprint density at radius 2 is 1.71 bits per heavy atom. The Hall–Kier alpha value is -1.26. The Labute approximate surface area is 126 Å². The van der Waals surface area contributed by atoms with Gasteiger partial charge in [0.05, 0.1) is 5.41 Å². The van der Waals surface area contributed by atoms with Gasteiger partial charge in [-0.3, -0.25) is 4.79 Å². The average molecular weight is 296 g/mol. The van der Waals surface area contributed by atoms with Crippen molar-refractivity contribution in [1.82, 2.24) is 10.6 Å². The van der Waals surface area contributed by atoms with Crippen LogP contribution in [0.15, 0.2) is 0 Å². The van der Waals surface area contributed by atoms with E-state index in [0.717, 1.165) is 32.1 Å². The third kappa shape index (κ3) is 3.69. The first-order valence-electron chi connectivity index (χ1n) is 8.14. The molecule has 1 atom stereocenters. The van der Waals surface area contributed by atoms with Crippen molar-refractivity contribution < 1.29 is 14.7 Å². The average Bonchev–Trinajstić information content (AvgIpc) is 2.89. The molecule has 0 aliphatic heterocycles. The standard InChI is InChI=1S/C16H28N2O3/c1-15(2)8-4-3-7-12(15)18-14(21)17-11-16(13(19)20)9-5-6-10-16/h12H,3-11H2,1-2H3,(H,19,20)(H2,17,18,21). The summed E-state index contributed by atoms with van der Waals surface area (Å²) in [6.07, 6.45) is 7.69. The lowest BCUT2D eigenvalue weighted by atomic mass is 9.73. The number of carbonyl (C=O) groups excluding carboxylic acids is 1. The molecule has 5 heteroatoms. The molecule has 2 amide bonds. The number of amides is 2. The van der Waals surface area contributed by atoms with Crippen molar-refractivity contribution in [1.29, 1.82) is 0 Å². The summed E-state index contributed by atoms with van der Waals surface area (Å²) >= 11 is 0. The molecule has 3 N–H and O–H groups in total. The van der Waals surface area contributed by atoms with Crippen molar-refractivity contribution in [2.45, 2.75) is 71.3 Å². The van der Waals surface area contributed by atoms with Gasteiger partial charge in [0.1, 0.15) is 0 Å². The fraction of sp³-hybridized carbons (Fsp3) is 0.875. The number of hydrogen-bond acceptors (Lipinski definition) is 2. The van der Waals surface area contributed by atoms with Gasteiger partial charge in [-0.15, -0.1) is 0 Å². The third-order valence-electron chi connectivity index (χ3n) is 5.41. The molecular formula is C16H28N2O3. The summed E-state index contributed by atoms with van der Waals surface area (Å²) in [5.74, 6) is -0.779. The third-order valence-corrected chi connectivity index (χ3v) is 5.41. The molecule has 0 aromatic heterocycles. The van der Waals surface area contributed by atoms with E-state index in [1.165, 1.54) is 6.42 Å². The quantitative estimate of drug-likeness (QED) is 0.746. The number of carbonyl (C=O) groups is 2. The number of rotatable bonds is 4. The zero-order valence-corrected chi connectivity index (χ0v) is 13.2. The zero-order chi connectivity index (χ0) is 15.5. The predicted octanol–water partition coefficient (Wildman–Crippen LogP) is 2.90. The fourth-order valence-electron chi connectivity index (χ4n) is 3.74.